The van der Waals surface area contributed by atoms with Crippen LogP contribution < -0.4 is 9.47 Å². The summed E-state index contributed by atoms with van der Waals surface area (Å²) < 4.78 is 12.6. The number of carbonyl (C=O) groups excluding carboxylic acids is 1. The topological polar surface area (TPSA) is 53.3 Å². The Bertz CT molecular complexity index is 826. The van der Waals surface area contributed by atoms with Crippen LogP contribution in [-0.4, -0.2) is 30.3 Å². The molecule has 0 fully saturated rings. The number of rotatable bonds is 5. The Balaban J connectivity index is 2.11. The highest BCUT2D eigenvalue weighted by Crippen LogP contribution is 2.39. The molecule has 5 heteroatoms. The van der Waals surface area contributed by atoms with E-state index >= 15 is 0 Å². The summed E-state index contributed by atoms with van der Waals surface area (Å²) in [5, 5.41) is 4.38. The van der Waals surface area contributed by atoms with Gasteiger partial charge in [0.25, 0.3) is 0 Å². The van der Waals surface area contributed by atoms with E-state index in [0.29, 0.717) is 17.1 Å². The van der Waals surface area contributed by atoms with Gasteiger partial charge in [-0.15, -0.1) is 0 Å². The van der Waals surface area contributed by atoms with Crippen molar-refractivity contribution in [3.63, 3.8) is 0 Å². The monoisotopic (exact) mass is 308 g/mol. The lowest BCUT2D eigenvalue weighted by molar-refractivity contribution is 0.112. The molecule has 116 valence electrons. The van der Waals surface area contributed by atoms with Gasteiger partial charge in [0.2, 0.25) is 0 Å². The number of para-hydroxylation sites is 1. The third-order valence-electron chi connectivity index (χ3n) is 3.55. The molecule has 0 radical (unpaired) electrons. The molecule has 2 aromatic carbocycles. The van der Waals surface area contributed by atoms with Gasteiger partial charge in [0.15, 0.2) is 11.5 Å². The lowest BCUT2D eigenvalue weighted by Gasteiger charge is -2.12. The van der Waals surface area contributed by atoms with E-state index < -0.39 is 0 Å². The highest BCUT2D eigenvalue weighted by atomic mass is 16.5. The van der Waals surface area contributed by atoms with E-state index in [1.165, 1.54) is 0 Å². The van der Waals surface area contributed by atoms with Crippen LogP contribution in [0.5, 0.6) is 11.5 Å². The first kappa shape index (κ1) is 14.8. The van der Waals surface area contributed by atoms with Gasteiger partial charge in [0.05, 0.1) is 26.1 Å². The fourth-order valence-electron chi connectivity index (χ4n) is 2.45. The van der Waals surface area contributed by atoms with Gasteiger partial charge in [-0.1, -0.05) is 18.2 Å². The number of nitrogens with zero attached hydrogens (tertiary/aromatic N) is 2. The minimum atomic E-state index is 0.513. The molecule has 0 atom stereocenters. The molecular formula is C18H16N2O3. The van der Waals surface area contributed by atoms with Crippen molar-refractivity contribution in [2.24, 2.45) is 0 Å². The molecule has 3 aromatic rings. The zero-order valence-electron chi connectivity index (χ0n) is 12.9. The Morgan fingerprint density at radius 2 is 1.87 bits per heavy atom. The highest BCUT2D eigenvalue weighted by Gasteiger charge is 2.15. The molecule has 1 aromatic heterocycles. The average Bonchev–Trinajstić information content (AvgIpc) is 3.11. The second-order valence-corrected chi connectivity index (χ2v) is 4.93. The summed E-state index contributed by atoms with van der Waals surface area (Å²) in [5.74, 6) is 1.09. The zero-order chi connectivity index (χ0) is 16.2. The maximum Gasteiger partial charge on any atom is 0.168 e. The van der Waals surface area contributed by atoms with Gasteiger partial charge in [-0.2, -0.15) is 5.10 Å². The Hall–Kier alpha value is -3.08. The second-order valence-electron chi connectivity index (χ2n) is 4.93. The van der Waals surface area contributed by atoms with Crippen molar-refractivity contribution in [1.29, 1.82) is 0 Å². The van der Waals surface area contributed by atoms with E-state index in [1.54, 1.807) is 37.2 Å². The summed E-state index contributed by atoms with van der Waals surface area (Å²) in [4.78, 5) is 11.2. The van der Waals surface area contributed by atoms with Crippen molar-refractivity contribution >= 4 is 6.29 Å². The van der Waals surface area contributed by atoms with Crippen LogP contribution in [0.1, 0.15) is 10.4 Å². The van der Waals surface area contributed by atoms with E-state index in [2.05, 4.69) is 5.10 Å². The molecule has 0 amide bonds. The fourth-order valence-corrected chi connectivity index (χ4v) is 2.45. The lowest BCUT2D eigenvalue weighted by atomic mass is 10.0. The summed E-state index contributed by atoms with van der Waals surface area (Å²) >= 11 is 0. The standard InChI is InChI=1S/C18H16N2O3/c1-22-17-9-13(12-21)8-16(18(17)23-2)14-10-19-20(11-14)15-6-4-3-5-7-15/h3-12H,1-2H3. The number of hydrogen-bond donors (Lipinski definition) is 0. The molecule has 0 aliphatic heterocycles. The molecule has 0 saturated carbocycles. The minimum Gasteiger partial charge on any atom is -0.493 e. The van der Waals surface area contributed by atoms with Crippen molar-refractivity contribution in [3.05, 3.63) is 60.4 Å². The first-order valence-electron chi connectivity index (χ1n) is 7.08. The molecule has 0 aliphatic carbocycles. The van der Waals surface area contributed by atoms with Gasteiger partial charge in [0.1, 0.15) is 6.29 Å². The van der Waals surface area contributed by atoms with E-state index in [1.807, 2.05) is 36.5 Å². The van der Waals surface area contributed by atoms with Gasteiger partial charge in [-0.3, -0.25) is 4.79 Å². The third kappa shape index (κ3) is 2.81. The number of benzene rings is 2. The van der Waals surface area contributed by atoms with Gasteiger partial charge >= 0.3 is 0 Å². The van der Waals surface area contributed by atoms with E-state index in [0.717, 1.165) is 23.1 Å². The molecule has 0 unspecified atom stereocenters. The highest BCUT2D eigenvalue weighted by molar-refractivity contribution is 5.84. The fraction of sp³-hybridized carbons (Fsp3) is 0.111. The maximum absolute atomic E-state index is 11.2. The molecule has 0 bridgehead atoms. The summed E-state index contributed by atoms with van der Waals surface area (Å²) in [6, 6.07) is 13.2. The van der Waals surface area contributed by atoms with Gasteiger partial charge in [-0.05, 0) is 24.3 Å². The predicted molar refractivity (Wildman–Crippen MR) is 87.5 cm³/mol. The van der Waals surface area contributed by atoms with Crippen LogP contribution in [0, 0.1) is 0 Å². The Kier molecular flexibility index (Phi) is 4.10. The van der Waals surface area contributed by atoms with Crippen molar-refractivity contribution in [3.8, 4) is 28.3 Å². The van der Waals surface area contributed by atoms with Crippen LogP contribution in [0.15, 0.2) is 54.9 Å². The normalized spacial score (nSPS) is 10.3. The lowest BCUT2D eigenvalue weighted by Crippen LogP contribution is -1.95. The maximum atomic E-state index is 11.2. The zero-order valence-corrected chi connectivity index (χ0v) is 12.9. The number of carbonyl (C=O) groups is 1. The number of ether oxygens (including phenoxy) is 2. The molecule has 5 nitrogen and oxygen atoms in total. The van der Waals surface area contributed by atoms with Crippen LogP contribution in [0.3, 0.4) is 0 Å². The quantitative estimate of drug-likeness (QED) is 0.678. The van der Waals surface area contributed by atoms with E-state index in [-0.39, 0.29) is 0 Å². The van der Waals surface area contributed by atoms with Crippen molar-refractivity contribution in [2.75, 3.05) is 14.2 Å². The number of methoxy groups -OCH3 is 2. The summed E-state index contributed by atoms with van der Waals surface area (Å²) in [6.07, 6.45) is 4.41. The van der Waals surface area contributed by atoms with Crippen LogP contribution in [0.2, 0.25) is 0 Å². The van der Waals surface area contributed by atoms with Crippen LogP contribution in [0.25, 0.3) is 16.8 Å². The van der Waals surface area contributed by atoms with Crippen LogP contribution in [-0.2, 0) is 0 Å². The van der Waals surface area contributed by atoms with Crippen molar-refractivity contribution < 1.29 is 14.3 Å². The van der Waals surface area contributed by atoms with Gasteiger partial charge in [0, 0.05) is 22.9 Å². The van der Waals surface area contributed by atoms with E-state index in [9.17, 15) is 4.79 Å². The van der Waals surface area contributed by atoms with Crippen molar-refractivity contribution in [2.45, 2.75) is 0 Å². The minimum absolute atomic E-state index is 0.513. The molecule has 0 N–H and O–H groups in total. The predicted octanol–water partition coefficient (Wildman–Crippen LogP) is 3.37. The summed E-state index contributed by atoms with van der Waals surface area (Å²) in [6.45, 7) is 0. The molecule has 1 heterocycles. The van der Waals surface area contributed by atoms with Gasteiger partial charge in [-0.25, -0.2) is 4.68 Å². The Morgan fingerprint density at radius 3 is 2.52 bits per heavy atom. The number of hydrogen-bond acceptors (Lipinski definition) is 4. The SMILES string of the molecule is COc1cc(C=O)cc(-c2cnn(-c3ccccc3)c2)c1OC. The third-order valence-corrected chi connectivity index (χ3v) is 3.55. The largest absolute Gasteiger partial charge is 0.493 e. The molecule has 3 rings (SSSR count). The average molecular weight is 308 g/mol. The van der Waals surface area contributed by atoms with Gasteiger partial charge < -0.3 is 9.47 Å². The van der Waals surface area contributed by atoms with Crippen molar-refractivity contribution in [1.82, 2.24) is 9.78 Å². The Morgan fingerprint density at radius 1 is 1.09 bits per heavy atom. The molecular weight excluding hydrogens is 292 g/mol. The smallest absolute Gasteiger partial charge is 0.168 e. The molecule has 0 saturated heterocycles. The molecule has 0 spiro atoms. The van der Waals surface area contributed by atoms with Crippen LogP contribution >= 0.6 is 0 Å². The second kappa shape index (κ2) is 6.36. The first-order chi connectivity index (χ1) is 11.3. The summed E-state index contributed by atoms with van der Waals surface area (Å²) in [7, 11) is 3.12. The summed E-state index contributed by atoms with van der Waals surface area (Å²) in [5.41, 5.74) is 3.07. The van der Waals surface area contributed by atoms with Crippen LogP contribution in [0.4, 0.5) is 0 Å². The number of aromatic nitrogens is 2. The first-order valence-corrected chi connectivity index (χ1v) is 7.08. The molecule has 23 heavy (non-hydrogen) atoms. The van der Waals surface area contributed by atoms with E-state index in [4.69, 9.17) is 9.47 Å². The Labute approximate surface area is 134 Å². The number of aldehydes is 1. The molecule has 0 aliphatic rings.